The minimum absolute atomic E-state index is 0.629. The molecule has 2 rings (SSSR count). The summed E-state index contributed by atoms with van der Waals surface area (Å²) in [6.07, 6.45) is 1.67. The third-order valence-corrected chi connectivity index (χ3v) is 4.23. The molecule has 0 aliphatic rings. The number of rotatable bonds is 5. The van der Waals surface area contributed by atoms with Gasteiger partial charge in [-0.3, -0.25) is 0 Å². The lowest BCUT2D eigenvalue weighted by Gasteiger charge is -2.15. The Labute approximate surface area is 138 Å². The molecule has 1 aromatic heterocycles. The Morgan fingerprint density at radius 3 is 2.67 bits per heavy atom. The van der Waals surface area contributed by atoms with E-state index in [4.69, 9.17) is 27.9 Å². The minimum atomic E-state index is 0.629. The van der Waals surface area contributed by atoms with Crippen molar-refractivity contribution in [1.29, 1.82) is 0 Å². The molecule has 4 nitrogen and oxygen atoms in total. The summed E-state index contributed by atoms with van der Waals surface area (Å²) in [5.74, 6) is 2.07. The maximum Gasteiger partial charge on any atom is 0.190 e. The van der Waals surface area contributed by atoms with Gasteiger partial charge in [0.2, 0.25) is 0 Å². The highest BCUT2D eigenvalue weighted by Crippen LogP contribution is 2.30. The molecule has 7 heteroatoms. The Morgan fingerprint density at radius 2 is 2.05 bits per heavy atom. The molecule has 0 spiro atoms. The molecule has 0 unspecified atom stereocenters. The SMILES string of the molecule is COc1cnc(SCc2ccc(Cl)cc2Cl)nc1N(C)C. The van der Waals surface area contributed by atoms with Crippen LogP contribution in [0.1, 0.15) is 5.56 Å². The summed E-state index contributed by atoms with van der Waals surface area (Å²) in [5, 5.41) is 1.95. The summed E-state index contributed by atoms with van der Waals surface area (Å²) >= 11 is 13.6. The van der Waals surface area contributed by atoms with Crippen LogP contribution in [0.25, 0.3) is 0 Å². The van der Waals surface area contributed by atoms with Crippen molar-refractivity contribution in [3.05, 3.63) is 40.0 Å². The number of methoxy groups -OCH3 is 1. The average Bonchev–Trinajstić information content (AvgIpc) is 2.46. The number of benzene rings is 1. The third kappa shape index (κ3) is 4.15. The number of thioether (sulfide) groups is 1. The first-order valence-corrected chi connectivity index (χ1v) is 7.90. The van der Waals surface area contributed by atoms with Gasteiger partial charge in [-0.05, 0) is 17.7 Å². The molecule has 0 radical (unpaired) electrons. The zero-order chi connectivity index (χ0) is 15.4. The predicted octanol–water partition coefficient (Wildman–Crippen LogP) is 4.15. The van der Waals surface area contributed by atoms with Crippen molar-refractivity contribution in [3.8, 4) is 5.75 Å². The first kappa shape index (κ1) is 16.2. The Bertz CT molecular complexity index is 638. The van der Waals surface area contributed by atoms with Crippen molar-refractivity contribution in [2.24, 2.45) is 0 Å². The van der Waals surface area contributed by atoms with Crippen molar-refractivity contribution >= 4 is 40.8 Å². The van der Waals surface area contributed by atoms with Crippen LogP contribution in [0.15, 0.2) is 29.6 Å². The van der Waals surface area contributed by atoms with Crippen LogP contribution in [0.2, 0.25) is 10.0 Å². The van der Waals surface area contributed by atoms with Gasteiger partial charge in [0.25, 0.3) is 0 Å². The molecule has 1 heterocycles. The zero-order valence-corrected chi connectivity index (χ0v) is 14.3. The summed E-state index contributed by atoms with van der Waals surface area (Å²) in [6, 6.07) is 5.47. The van der Waals surface area contributed by atoms with Gasteiger partial charge in [0.05, 0.1) is 13.3 Å². The number of nitrogens with zero attached hydrogens (tertiary/aromatic N) is 3. The number of aromatic nitrogens is 2. The van der Waals surface area contributed by atoms with Crippen molar-refractivity contribution in [3.63, 3.8) is 0 Å². The van der Waals surface area contributed by atoms with Crippen LogP contribution in [0, 0.1) is 0 Å². The van der Waals surface area contributed by atoms with Gasteiger partial charge in [-0.1, -0.05) is 41.0 Å². The highest BCUT2D eigenvalue weighted by molar-refractivity contribution is 7.98. The lowest BCUT2D eigenvalue weighted by Crippen LogP contribution is -2.13. The molecule has 2 aromatic rings. The molecule has 0 saturated heterocycles. The molecule has 0 atom stereocenters. The largest absolute Gasteiger partial charge is 0.491 e. The highest BCUT2D eigenvalue weighted by atomic mass is 35.5. The maximum atomic E-state index is 6.16. The Hall–Kier alpha value is -1.17. The summed E-state index contributed by atoms with van der Waals surface area (Å²) in [5.41, 5.74) is 0.997. The second-order valence-corrected chi connectivity index (χ2v) is 6.25. The molecule has 0 fully saturated rings. The minimum Gasteiger partial charge on any atom is -0.491 e. The fraction of sp³-hybridized carbons (Fsp3) is 0.286. The second-order valence-electron chi connectivity index (χ2n) is 4.46. The molecule has 0 bridgehead atoms. The Kier molecular flexibility index (Phi) is 5.56. The van der Waals surface area contributed by atoms with Crippen LogP contribution in [-0.2, 0) is 5.75 Å². The van der Waals surface area contributed by atoms with Gasteiger partial charge in [-0.15, -0.1) is 0 Å². The van der Waals surface area contributed by atoms with E-state index in [-0.39, 0.29) is 0 Å². The van der Waals surface area contributed by atoms with E-state index in [1.54, 1.807) is 19.4 Å². The van der Waals surface area contributed by atoms with Crippen molar-refractivity contribution in [1.82, 2.24) is 9.97 Å². The van der Waals surface area contributed by atoms with Crippen LogP contribution >= 0.6 is 35.0 Å². The zero-order valence-electron chi connectivity index (χ0n) is 11.9. The van der Waals surface area contributed by atoms with Crippen LogP contribution in [0.3, 0.4) is 0 Å². The average molecular weight is 344 g/mol. The van der Waals surface area contributed by atoms with E-state index >= 15 is 0 Å². The molecule has 0 N–H and O–H groups in total. The van der Waals surface area contributed by atoms with E-state index in [1.165, 1.54) is 11.8 Å². The fourth-order valence-corrected chi connectivity index (χ4v) is 3.03. The van der Waals surface area contributed by atoms with Gasteiger partial charge in [-0.2, -0.15) is 0 Å². The van der Waals surface area contributed by atoms with Crippen LogP contribution in [0.4, 0.5) is 5.82 Å². The van der Waals surface area contributed by atoms with E-state index < -0.39 is 0 Å². The monoisotopic (exact) mass is 343 g/mol. The van der Waals surface area contributed by atoms with Crippen LogP contribution in [0.5, 0.6) is 5.75 Å². The molecule has 112 valence electrons. The normalized spacial score (nSPS) is 10.5. The summed E-state index contributed by atoms with van der Waals surface area (Å²) < 4.78 is 5.24. The molecular weight excluding hydrogens is 329 g/mol. The summed E-state index contributed by atoms with van der Waals surface area (Å²) in [7, 11) is 5.43. The highest BCUT2D eigenvalue weighted by Gasteiger charge is 2.11. The number of ether oxygens (including phenoxy) is 1. The molecule has 21 heavy (non-hydrogen) atoms. The van der Waals surface area contributed by atoms with Crippen LogP contribution in [-0.4, -0.2) is 31.2 Å². The quantitative estimate of drug-likeness (QED) is 0.602. The topological polar surface area (TPSA) is 38.3 Å². The molecule has 0 aliphatic carbocycles. The molecule has 0 amide bonds. The van der Waals surface area contributed by atoms with E-state index in [1.807, 2.05) is 31.1 Å². The standard InChI is InChI=1S/C14H15Cl2N3OS/c1-19(2)13-12(20-3)7-17-14(18-13)21-8-9-4-5-10(15)6-11(9)16/h4-7H,8H2,1-3H3. The number of hydrogen-bond donors (Lipinski definition) is 0. The first-order valence-electron chi connectivity index (χ1n) is 6.16. The van der Waals surface area contributed by atoms with Gasteiger partial charge in [0.1, 0.15) is 0 Å². The van der Waals surface area contributed by atoms with E-state index in [9.17, 15) is 0 Å². The number of hydrogen-bond acceptors (Lipinski definition) is 5. The van der Waals surface area contributed by atoms with Gasteiger partial charge < -0.3 is 9.64 Å². The van der Waals surface area contributed by atoms with Gasteiger partial charge >= 0.3 is 0 Å². The smallest absolute Gasteiger partial charge is 0.190 e. The Balaban J connectivity index is 2.14. The Morgan fingerprint density at radius 1 is 1.29 bits per heavy atom. The first-order chi connectivity index (χ1) is 10.0. The number of anilines is 1. The van der Waals surface area contributed by atoms with Gasteiger partial charge in [-0.25, -0.2) is 9.97 Å². The lowest BCUT2D eigenvalue weighted by atomic mass is 10.2. The summed E-state index contributed by atoms with van der Waals surface area (Å²) in [4.78, 5) is 10.7. The molecule has 0 saturated carbocycles. The van der Waals surface area contributed by atoms with Crippen molar-refractivity contribution in [2.75, 3.05) is 26.1 Å². The van der Waals surface area contributed by atoms with E-state index in [0.717, 1.165) is 11.4 Å². The number of halogens is 2. The predicted molar refractivity (Wildman–Crippen MR) is 88.9 cm³/mol. The van der Waals surface area contributed by atoms with E-state index in [2.05, 4.69) is 9.97 Å². The molecule has 0 aliphatic heterocycles. The van der Waals surface area contributed by atoms with Crippen molar-refractivity contribution < 1.29 is 4.74 Å². The molecule has 1 aromatic carbocycles. The second kappa shape index (κ2) is 7.20. The van der Waals surface area contributed by atoms with Crippen molar-refractivity contribution in [2.45, 2.75) is 10.9 Å². The van der Waals surface area contributed by atoms with Gasteiger partial charge in [0.15, 0.2) is 16.7 Å². The fourth-order valence-electron chi connectivity index (χ4n) is 1.66. The van der Waals surface area contributed by atoms with Gasteiger partial charge in [0, 0.05) is 29.9 Å². The molecular formula is C14H15Cl2N3OS. The summed E-state index contributed by atoms with van der Waals surface area (Å²) in [6.45, 7) is 0. The lowest BCUT2D eigenvalue weighted by molar-refractivity contribution is 0.410. The maximum absolute atomic E-state index is 6.16. The van der Waals surface area contributed by atoms with E-state index in [0.29, 0.717) is 26.7 Å². The third-order valence-electron chi connectivity index (χ3n) is 2.73. The van der Waals surface area contributed by atoms with Crippen LogP contribution < -0.4 is 9.64 Å².